The molecule has 0 spiro atoms. The van der Waals surface area contributed by atoms with Crippen LogP contribution >= 0.6 is 0 Å². The van der Waals surface area contributed by atoms with Crippen LogP contribution in [-0.2, 0) is 14.8 Å². The number of sulfonamides is 1. The van der Waals surface area contributed by atoms with Crippen molar-refractivity contribution in [3.63, 3.8) is 0 Å². The van der Waals surface area contributed by atoms with Crippen molar-refractivity contribution in [2.45, 2.75) is 39.8 Å². The van der Waals surface area contributed by atoms with Crippen LogP contribution in [0, 0.1) is 5.41 Å². The van der Waals surface area contributed by atoms with Crippen LogP contribution in [0.15, 0.2) is 4.99 Å². The van der Waals surface area contributed by atoms with Crippen LogP contribution < -0.4 is 0 Å². The molecule has 0 radical (unpaired) electrons. The summed E-state index contributed by atoms with van der Waals surface area (Å²) in [4.78, 5) is 13.7. The first-order valence-electron chi connectivity index (χ1n) is 5.33. The molecule has 6 heteroatoms. The van der Waals surface area contributed by atoms with E-state index in [-0.39, 0.29) is 11.2 Å². The monoisotopic (exact) mass is 246 g/mol. The molecule has 0 aromatic heterocycles. The molecule has 0 aromatic rings. The van der Waals surface area contributed by atoms with Gasteiger partial charge in [0.1, 0.15) is 6.17 Å². The highest BCUT2D eigenvalue weighted by molar-refractivity contribution is 7.89. The second-order valence-electron chi connectivity index (χ2n) is 5.27. The molecular weight excluding hydrogens is 228 g/mol. The minimum atomic E-state index is -3.33. The van der Waals surface area contributed by atoms with Gasteiger partial charge in [-0.25, -0.2) is 13.2 Å². The fourth-order valence-electron chi connectivity index (χ4n) is 1.87. The average molecular weight is 246 g/mol. The van der Waals surface area contributed by atoms with Crippen LogP contribution in [-0.4, -0.2) is 37.3 Å². The maximum atomic E-state index is 12.1. The van der Waals surface area contributed by atoms with Crippen LogP contribution in [0.2, 0.25) is 0 Å². The minimum absolute atomic E-state index is 0.0743. The fourth-order valence-corrected chi connectivity index (χ4v) is 4.06. The summed E-state index contributed by atoms with van der Waals surface area (Å²) in [7, 11) is -3.33. The summed E-state index contributed by atoms with van der Waals surface area (Å²) in [5.41, 5.74) is -0.295. The zero-order valence-electron chi connectivity index (χ0n) is 9.93. The predicted octanol–water partition coefficient (Wildman–Crippen LogP) is 1.12. The van der Waals surface area contributed by atoms with E-state index in [0.717, 1.165) is 6.42 Å². The van der Waals surface area contributed by atoms with Crippen molar-refractivity contribution in [1.82, 2.24) is 4.31 Å². The van der Waals surface area contributed by atoms with E-state index in [9.17, 15) is 13.2 Å². The Bertz CT molecular complexity index is 391. The Labute approximate surface area is 96.6 Å². The Morgan fingerprint density at radius 2 is 2.06 bits per heavy atom. The van der Waals surface area contributed by atoms with Crippen LogP contribution in [0.5, 0.6) is 0 Å². The quantitative estimate of drug-likeness (QED) is 0.553. The van der Waals surface area contributed by atoms with Gasteiger partial charge >= 0.3 is 0 Å². The average Bonchev–Trinajstić information content (AvgIpc) is 2.48. The highest BCUT2D eigenvalue weighted by Crippen LogP contribution is 2.26. The molecule has 0 aliphatic carbocycles. The maximum absolute atomic E-state index is 12.1. The third kappa shape index (κ3) is 3.40. The molecule has 1 fully saturated rings. The molecule has 0 bridgehead atoms. The van der Waals surface area contributed by atoms with Gasteiger partial charge in [-0.1, -0.05) is 20.8 Å². The van der Waals surface area contributed by atoms with Crippen molar-refractivity contribution in [2.75, 3.05) is 12.3 Å². The largest absolute Gasteiger partial charge is 0.236 e. The first-order chi connectivity index (χ1) is 7.26. The Hall–Kier alpha value is -0.710. The van der Waals surface area contributed by atoms with E-state index in [2.05, 4.69) is 4.99 Å². The van der Waals surface area contributed by atoms with Crippen molar-refractivity contribution in [3.8, 4) is 0 Å². The first-order valence-corrected chi connectivity index (χ1v) is 6.94. The van der Waals surface area contributed by atoms with Crippen LogP contribution in [0.4, 0.5) is 0 Å². The van der Waals surface area contributed by atoms with Gasteiger partial charge in [0.15, 0.2) is 0 Å². The molecule has 1 heterocycles. The lowest BCUT2D eigenvalue weighted by atomic mass is 10.0. The maximum Gasteiger partial charge on any atom is 0.236 e. The summed E-state index contributed by atoms with van der Waals surface area (Å²) in [5, 5.41) is 0. The summed E-state index contributed by atoms with van der Waals surface area (Å²) in [6.45, 7) is 6.07. The number of aliphatic imine (C=N–C) groups is 1. The molecule has 5 nitrogen and oxygen atoms in total. The number of rotatable bonds is 3. The molecule has 0 amide bonds. The van der Waals surface area contributed by atoms with Gasteiger partial charge < -0.3 is 0 Å². The van der Waals surface area contributed by atoms with E-state index in [1.165, 1.54) is 10.4 Å². The SMILES string of the molecule is CC(C)(C)CS(=O)(=O)N1CCCC1N=C=O. The Balaban J connectivity index is 2.87. The highest BCUT2D eigenvalue weighted by atomic mass is 32.2. The zero-order valence-corrected chi connectivity index (χ0v) is 10.7. The van der Waals surface area contributed by atoms with Gasteiger partial charge in [0.2, 0.25) is 16.1 Å². The lowest BCUT2D eigenvalue weighted by molar-refractivity contribution is 0.377. The molecule has 16 heavy (non-hydrogen) atoms. The van der Waals surface area contributed by atoms with Crippen LogP contribution in [0.1, 0.15) is 33.6 Å². The Kier molecular flexibility index (Phi) is 3.88. The summed E-state index contributed by atoms with van der Waals surface area (Å²) < 4.78 is 25.5. The molecule has 0 saturated carbocycles. The van der Waals surface area contributed by atoms with Crippen molar-refractivity contribution in [1.29, 1.82) is 0 Å². The van der Waals surface area contributed by atoms with E-state index >= 15 is 0 Å². The van der Waals surface area contributed by atoms with Crippen molar-refractivity contribution >= 4 is 16.1 Å². The predicted molar refractivity (Wildman–Crippen MR) is 61.1 cm³/mol. The summed E-state index contributed by atoms with van der Waals surface area (Å²) in [6, 6.07) is 0. The second-order valence-corrected chi connectivity index (χ2v) is 7.19. The van der Waals surface area contributed by atoms with E-state index in [1.807, 2.05) is 20.8 Å². The van der Waals surface area contributed by atoms with E-state index in [4.69, 9.17) is 0 Å². The van der Waals surface area contributed by atoms with E-state index < -0.39 is 16.2 Å². The minimum Gasteiger partial charge on any atom is -0.212 e. The topological polar surface area (TPSA) is 66.8 Å². The molecule has 1 saturated heterocycles. The number of carbonyl (C=O) groups excluding carboxylic acids is 1. The fraction of sp³-hybridized carbons (Fsp3) is 0.900. The zero-order chi connectivity index (χ0) is 12.4. The van der Waals surface area contributed by atoms with Gasteiger partial charge in [-0.15, -0.1) is 0 Å². The number of isocyanates is 1. The standard InChI is InChI=1S/C10H18N2O3S/c1-10(2,3)7-16(14,15)12-6-4-5-9(12)11-8-13/h9H,4-7H2,1-3H3. The van der Waals surface area contributed by atoms with Gasteiger partial charge in [0, 0.05) is 6.54 Å². The summed E-state index contributed by atoms with van der Waals surface area (Å²) in [5.74, 6) is 0.0743. The van der Waals surface area contributed by atoms with E-state index in [1.54, 1.807) is 0 Å². The molecular formula is C10H18N2O3S. The Morgan fingerprint density at radius 3 is 2.56 bits per heavy atom. The van der Waals surface area contributed by atoms with Crippen molar-refractivity contribution < 1.29 is 13.2 Å². The first kappa shape index (κ1) is 13.4. The number of hydrogen-bond acceptors (Lipinski definition) is 4. The van der Waals surface area contributed by atoms with Gasteiger partial charge in [-0.2, -0.15) is 9.30 Å². The lowest BCUT2D eigenvalue weighted by Gasteiger charge is -2.25. The van der Waals surface area contributed by atoms with Gasteiger partial charge in [-0.05, 0) is 18.3 Å². The number of hydrogen-bond donors (Lipinski definition) is 0. The van der Waals surface area contributed by atoms with Crippen LogP contribution in [0.3, 0.4) is 0 Å². The van der Waals surface area contributed by atoms with Gasteiger partial charge in [0.25, 0.3) is 0 Å². The normalized spacial score (nSPS) is 23.1. The third-order valence-electron chi connectivity index (χ3n) is 2.35. The molecule has 1 aliphatic rings. The third-order valence-corrected chi connectivity index (χ3v) is 4.72. The van der Waals surface area contributed by atoms with Crippen molar-refractivity contribution in [3.05, 3.63) is 0 Å². The lowest BCUT2D eigenvalue weighted by Crippen LogP contribution is -2.39. The molecule has 0 aromatic carbocycles. The molecule has 92 valence electrons. The molecule has 1 unspecified atom stereocenters. The summed E-state index contributed by atoms with van der Waals surface area (Å²) >= 11 is 0. The van der Waals surface area contributed by atoms with Crippen LogP contribution in [0.25, 0.3) is 0 Å². The highest BCUT2D eigenvalue weighted by Gasteiger charge is 2.36. The molecule has 1 rings (SSSR count). The summed E-state index contributed by atoms with van der Waals surface area (Å²) in [6.07, 6.45) is 2.27. The molecule has 1 aliphatic heterocycles. The van der Waals surface area contributed by atoms with Gasteiger partial charge in [0.05, 0.1) is 5.75 Å². The van der Waals surface area contributed by atoms with E-state index in [0.29, 0.717) is 13.0 Å². The van der Waals surface area contributed by atoms with Gasteiger partial charge in [-0.3, -0.25) is 0 Å². The van der Waals surface area contributed by atoms with Crippen molar-refractivity contribution in [2.24, 2.45) is 10.4 Å². The second kappa shape index (κ2) is 4.65. The number of nitrogens with zero attached hydrogens (tertiary/aromatic N) is 2. The Morgan fingerprint density at radius 1 is 1.44 bits per heavy atom. The molecule has 1 atom stereocenters. The smallest absolute Gasteiger partial charge is 0.212 e. The molecule has 0 N–H and O–H groups in total.